The van der Waals surface area contributed by atoms with Crippen LogP contribution in [0.15, 0.2) is 0 Å². The Bertz CT molecular complexity index is 281. The van der Waals surface area contributed by atoms with Gasteiger partial charge in [0.15, 0.2) is 0 Å². The Kier molecular flexibility index (Phi) is 6.96. The van der Waals surface area contributed by atoms with Crippen molar-refractivity contribution in [3.05, 3.63) is 0 Å². The van der Waals surface area contributed by atoms with E-state index in [0.29, 0.717) is 18.9 Å². The molecule has 0 rings (SSSR count). The molecule has 0 aliphatic heterocycles. The first-order valence-corrected chi connectivity index (χ1v) is 6.61. The number of rotatable bonds is 6. The van der Waals surface area contributed by atoms with E-state index in [1.54, 1.807) is 13.8 Å². The van der Waals surface area contributed by atoms with Crippen LogP contribution in [-0.4, -0.2) is 24.5 Å². The maximum absolute atomic E-state index is 11.7. The van der Waals surface area contributed by atoms with Crippen molar-refractivity contribution < 1.29 is 14.3 Å². The number of amides is 1. The Morgan fingerprint density at radius 3 is 2.22 bits per heavy atom. The molecule has 4 nitrogen and oxygen atoms in total. The molecule has 0 aliphatic carbocycles. The highest BCUT2D eigenvalue weighted by atomic mass is 16.5. The largest absolute Gasteiger partial charge is 0.464 e. The maximum Gasteiger partial charge on any atom is 0.328 e. The van der Waals surface area contributed by atoms with Crippen LogP contribution in [0.4, 0.5) is 0 Å². The average Bonchev–Trinajstić information content (AvgIpc) is 2.13. The van der Waals surface area contributed by atoms with E-state index in [0.717, 1.165) is 6.42 Å². The normalized spacial score (nSPS) is 14.8. The third-order valence-corrected chi connectivity index (χ3v) is 2.51. The third-order valence-electron chi connectivity index (χ3n) is 2.51. The summed E-state index contributed by atoms with van der Waals surface area (Å²) in [5, 5.41) is 2.67. The quantitative estimate of drug-likeness (QED) is 0.744. The monoisotopic (exact) mass is 257 g/mol. The first kappa shape index (κ1) is 16.9. The van der Waals surface area contributed by atoms with E-state index in [2.05, 4.69) is 33.0 Å². The lowest BCUT2D eigenvalue weighted by Crippen LogP contribution is -2.40. The van der Waals surface area contributed by atoms with Crippen molar-refractivity contribution in [3.63, 3.8) is 0 Å². The van der Waals surface area contributed by atoms with E-state index in [1.807, 2.05) is 0 Å². The molecule has 0 saturated heterocycles. The second-order valence-electron chi connectivity index (χ2n) is 6.12. The molecular weight excluding hydrogens is 230 g/mol. The van der Waals surface area contributed by atoms with Gasteiger partial charge in [-0.2, -0.15) is 0 Å². The maximum atomic E-state index is 11.7. The van der Waals surface area contributed by atoms with Gasteiger partial charge in [0.2, 0.25) is 5.91 Å². The number of hydrogen-bond donors (Lipinski definition) is 1. The van der Waals surface area contributed by atoms with E-state index >= 15 is 0 Å². The minimum atomic E-state index is -0.570. The van der Waals surface area contributed by atoms with E-state index in [9.17, 15) is 9.59 Å². The molecular formula is C14H27NO3. The molecule has 106 valence electrons. The first-order valence-electron chi connectivity index (χ1n) is 6.61. The summed E-state index contributed by atoms with van der Waals surface area (Å²) in [5.41, 5.74) is 0.215. The summed E-state index contributed by atoms with van der Waals surface area (Å²) >= 11 is 0. The molecule has 1 amide bonds. The SMILES string of the molecule is CCOC(=O)C(C)NC(=O)CC(C)CC(C)(C)C. The topological polar surface area (TPSA) is 55.4 Å². The van der Waals surface area contributed by atoms with Gasteiger partial charge in [0, 0.05) is 6.42 Å². The predicted octanol–water partition coefficient (Wildman–Crippen LogP) is 2.52. The number of ether oxygens (including phenoxy) is 1. The van der Waals surface area contributed by atoms with Crippen molar-refractivity contribution in [2.24, 2.45) is 11.3 Å². The number of hydrogen-bond acceptors (Lipinski definition) is 3. The Balaban J connectivity index is 4.07. The molecule has 0 fully saturated rings. The van der Waals surface area contributed by atoms with Gasteiger partial charge in [0.05, 0.1) is 6.61 Å². The van der Waals surface area contributed by atoms with E-state index < -0.39 is 6.04 Å². The zero-order valence-electron chi connectivity index (χ0n) is 12.5. The highest BCUT2D eigenvalue weighted by Gasteiger charge is 2.20. The Hall–Kier alpha value is -1.06. The van der Waals surface area contributed by atoms with Gasteiger partial charge in [0.1, 0.15) is 6.04 Å². The van der Waals surface area contributed by atoms with E-state index in [1.165, 1.54) is 0 Å². The predicted molar refractivity (Wildman–Crippen MR) is 72.1 cm³/mol. The van der Waals surface area contributed by atoms with Crippen LogP contribution >= 0.6 is 0 Å². The molecule has 1 N–H and O–H groups in total. The van der Waals surface area contributed by atoms with E-state index in [4.69, 9.17) is 4.74 Å². The first-order chi connectivity index (χ1) is 8.15. The van der Waals surface area contributed by atoms with Crippen LogP contribution < -0.4 is 5.32 Å². The lowest BCUT2D eigenvalue weighted by molar-refractivity contribution is -0.147. The fourth-order valence-electron chi connectivity index (χ4n) is 2.06. The summed E-state index contributed by atoms with van der Waals surface area (Å²) in [6.07, 6.45) is 1.43. The van der Waals surface area contributed by atoms with Gasteiger partial charge < -0.3 is 10.1 Å². The molecule has 0 aliphatic rings. The number of esters is 1. The second kappa shape index (κ2) is 7.39. The molecule has 0 saturated carbocycles. The molecule has 0 radical (unpaired) electrons. The summed E-state index contributed by atoms with van der Waals surface area (Å²) < 4.78 is 4.84. The van der Waals surface area contributed by atoms with Gasteiger partial charge in [-0.1, -0.05) is 27.7 Å². The number of carbonyl (C=O) groups excluding carboxylic acids is 2. The number of nitrogens with one attached hydrogen (secondary N) is 1. The smallest absolute Gasteiger partial charge is 0.328 e. The fraction of sp³-hybridized carbons (Fsp3) is 0.857. The van der Waals surface area contributed by atoms with Gasteiger partial charge in [-0.25, -0.2) is 4.79 Å². The van der Waals surface area contributed by atoms with Gasteiger partial charge in [0.25, 0.3) is 0 Å². The van der Waals surface area contributed by atoms with Crippen molar-refractivity contribution in [1.29, 1.82) is 0 Å². The molecule has 0 spiro atoms. The molecule has 0 aromatic carbocycles. The van der Waals surface area contributed by atoms with Gasteiger partial charge >= 0.3 is 5.97 Å². The van der Waals surface area contributed by atoms with Crippen molar-refractivity contribution in [2.75, 3.05) is 6.61 Å². The molecule has 18 heavy (non-hydrogen) atoms. The highest BCUT2D eigenvalue weighted by molar-refractivity contribution is 5.84. The standard InChI is InChI=1S/C14H27NO3/c1-7-18-13(17)11(3)15-12(16)8-10(2)9-14(4,5)6/h10-11H,7-9H2,1-6H3,(H,15,16). The van der Waals surface area contributed by atoms with Crippen LogP contribution in [0.1, 0.15) is 54.4 Å². The van der Waals surface area contributed by atoms with E-state index in [-0.39, 0.29) is 17.3 Å². The minimum Gasteiger partial charge on any atom is -0.464 e. The molecule has 4 heteroatoms. The highest BCUT2D eigenvalue weighted by Crippen LogP contribution is 2.25. The van der Waals surface area contributed by atoms with Gasteiger partial charge in [-0.3, -0.25) is 4.79 Å². The summed E-state index contributed by atoms with van der Waals surface area (Å²) in [7, 11) is 0. The van der Waals surface area contributed by atoms with Crippen LogP contribution in [0.2, 0.25) is 0 Å². The number of carbonyl (C=O) groups is 2. The third kappa shape index (κ3) is 8.09. The lowest BCUT2D eigenvalue weighted by Gasteiger charge is -2.23. The van der Waals surface area contributed by atoms with Gasteiger partial charge in [-0.05, 0) is 31.6 Å². The molecule has 2 unspecified atom stereocenters. The lowest BCUT2D eigenvalue weighted by atomic mass is 9.84. The average molecular weight is 257 g/mol. The molecule has 0 heterocycles. The van der Waals surface area contributed by atoms with Crippen LogP contribution in [0.5, 0.6) is 0 Å². The Morgan fingerprint density at radius 2 is 1.78 bits per heavy atom. The van der Waals surface area contributed by atoms with Crippen LogP contribution in [0, 0.1) is 11.3 Å². The van der Waals surface area contributed by atoms with Crippen LogP contribution in [0.3, 0.4) is 0 Å². The van der Waals surface area contributed by atoms with Crippen LogP contribution in [-0.2, 0) is 14.3 Å². The van der Waals surface area contributed by atoms with Crippen molar-refractivity contribution in [2.45, 2.75) is 60.4 Å². The summed E-state index contributed by atoms with van der Waals surface area (Å²) in [5.74, 6) is -0.166. The fourth-order valence-corrected chi connectivity index (χ4v) is 2.06. The summed E-state index contributed by atoms with van der Waals surface area (Å²) in [6, 6.07) is -0.570. The Morgan fingerprint density at radius 1 is 1.22 bits per heavy atom. The summed E-state index contributed by atoms with van der Waals surface area (Å²) in [6.45, 7) is 12.2. The van der Waals surface area contributed by atoms with Gasteiger partial charge in [-0.15, -0.1) is 0 Å². The zero-order chi connectivity index (χ0) is 14.3. The van der Waals surface area contributed by atoms with Crippen molar-refractivity contribution in [3.8, 4) is 0 Å². The molecule has 0 aromatic heterocycles. The van der Waals surface area contributed by atoms with Crippen LogP contribution in [0.25, 0.3) is 0 Å². The zero-order valence-corrected chi connectivity index (χ0v) is 12.5. The van der Waals surface area contributed by atoms with Crippen molar-refractivity contribution in [1.82, 2.24) is 5.32 Å². The Labute approximate surface area is 110 Å². The molecule has 2 atom stereocenters. The van der Waals surface area contributed by atoms with Crippen molar-refractivity contribution >= 4 is 11.9 Å². The minimum absolute atomic E-state index is 0.0905. The second-order valence-corrected chi connectivity index (χ2v) is 6.12. The molecule has 0 bridgehead atoms. The molecule has 0 aromatic rings. The summed E-state index contributed by atoms with van der Waals surface area (Å²) in [4.78, 5) is 23.1.